The SMILES string of the molecule is CCCCCCCCCCCC(=O)Oc1ccc(/C=C/C(=O)O)cc1. The fourth-order valence-electron chi connectivity index (χ4n) is 2.58. The Morgan fingerprint density at radius 2 is 1.48 bits per heavy atom. The van der Waals surface area contributed by atoms with Gasteiger partial charge in [0.2, 0.25) is 0 Å². The molecular weight excluding hydrogens is 316 g/mol. The molecule has 0 amide bonds. The summed E-state index contributed by atoms with van der Waals surface area (Å²) in [6, 6.07) is 6.80. The Hall–Kier alpha value is -2.10. The van der Waals surface area contributed by atoms with Crippen LogP contribution < -0.4 is 4.74 Å². The van der Waals surface area contributed by atoms with Crippen molar-refractivity contribution >= 4 is 18.0 Å². The largest absolute Gasteiger partial charge is 0.478 e. The summed E-state index contributed by atoms with van der Waals surface area (Å²) in [5.41, 5.74) is 0.751. The highest BCUT2D eigenvalue weighted by Crippen LogP contribution is 2.15. The van der Waals surface area contributed by atoms with E-state index in [9.17, 15) is 9.59 Å². The van der Waals surface area contributed by atoms with Crippen LogP contribution in [0.4, 0.5) is 0 Å². The van der Waals surface area contributed by atoms with Crippen LogP contribution in [0, 0.1) is 0 Å². The summed E-state index contributed by atoms with van der Waals surface area (Å²) in [6.07, 6.45) is 14.0. The van der Waals surface area contributed by atoms with E-state index in [1.807, 2.05) is 0 Å². The van der Waals surface area contributed by atoms with Gasteiger partial charge in [-0.15, -0.1) is 0 Å². The normalized spacial score (nSPS) is 10.9. The van der Waals surface area contributed by atoms with Crippen LogP contribution >= 0.6 is 0 Å². The number of carboxylic acid groups (broad SMARTS) is 1. The molecule has 0 heterocycles. The lowest BCUT2D eigenvalue weighted by Gasteiger charge is -2.05. The molecule has 0 atom stereocenters. The first-order valence-corrected chi connectivity index (χ1v) is 9.33. The predicted octanol–water partition coefficient (Wildman–Crippen LogP) is 5.61. The molecule has 1 rings (SSSR count). The summed E-state index contributed by atoms with van der Waals surface area (Å²) >= 11 is 0. The van der Waals surface area contributed by atoms with Crippen molar-refractivity contribution in [1.29, 1.82) is 0 Å². The molecule has 1 N–H and O–H groups in total. The minimum Gasteiger partial charge on any atom is -0.478 e. The number of carbonyl (C=O) groups is 2. The maximum atomic E-state index is 11.8. The molecule has 0 saturated heterocycles. The molecule has 0 aliphatic rings. The molecule has 0 aromatic heterocycles. The molecule has 0 saturated carbocycles. The smallest absolute Gasteiger partial charge is 0.328 e. The van der Waals surface area contributed by atoms with Crippen LogP contribution in [0.5, 0.6) is 5.75 Å². The Labute approximate surface area is 150 Å². The van der Waals surface area contributed by atoms with Crippen LogP contribution in [0.25, 0.3) is 6.08 Å². The van der Waals surface area contributed by atoms with Crippen molar-refractivity contribution in [2.45, 2.75) is 71.1 Å². The van der Waals surface area contributed by atoms with E-state index < -0.39 is 5.97 Å². The number of hydrogen-bond acceptors (Lipinski definition) is 3. The standard InChI is InChI=1S/C21H30O4/c1-2-3-4-5-6-7-8-9-10-11-21(24)25-19-15-12-18(13-16-19)14-17-20(22)23/h12-17H,2-11H2,1H3,(H,22,23)/b17-14+. The van der Waals surface area contributed by atoms with Crippen LogP contribution in [0.3, 0.4) is 0 Å². The van der Waals surface area contributed by atoms with Gasteiger partial charge in [0.25, 0.3) is 0 Å². The molecule has 4 nitrogen and oxygen atoms in total. The summed E-state index contributed by atoms with van der Waals surface area (Å²) in [6.45, 7) is 2.23. The minimum absolute atomic E-state index is 0.211. The number of ether oxygens (including phenoxy) is 1. The molecule has 1 aromatic carbocycles. The Kier molecular flexibility index (Phi) is 11.1. The molecule has 0 radical (unpaired) electrons. The van der Waals surface area contributed by atoms with Gasteiger partial charge < -0.3 is 9.84 Å². The van der Waals surface area contributed by atoms with Gasteiger partial charge in [-0.3, -0.25) is 4.79 Å². The second kappa shape index (κ2) is 13.2. The molecule has 0 unspecified atom stereocenters. The van der Waals surface area contributed by atoms with Crippen molar-refractivity contribution in [3.63, 3.8) is 0 Å². The maximum absolute atomic E-state index is 11.8. The van der Waals surface area contributed by atoms with Gasteiger partial charge in [0, 0.05) is 12.5 Å². The van der Waals surface area contributed by atoms with Crippen LogP contribution in [0.2, 0.25) is 0 Å². The molecule has 0 spiro atoms. The predicted molar refractivity (Wildman–Crippen MR) is 101 cm³/mol. The lowest BCUT2D eigenvalue weighted by Crippen LogP contribution is -2.07. The molecule has 0 fully saturated rings. The number of benzene rings is 1. The summed E-state index contributed by atoms with van der Waals surface area (Å²) in [4.78, 5) is 22.3. The monoisotopic (exact) mass is 346 g/mol. The van der Waals surface area contributed by atoms with E-state index in [1.165, 1.54) is 51.0 Å². The second-order valence-electron chi connectivity index (χ2n) is 6.29. The average molecular weight is 346 g/mol. The fourth-order valence-corrected chi connectivity index (χ4v) is 2.58. The molecule has 0 aliphatic carbocycles. The van der Waals surface area contributed by atoms with Crippen LogP contribution in [-0.4, -0.2) is 17.0 Å². The molecule has 0 aliphatic heterocycles. The van der Waals surface area contributed by atoms with Crippen molar-refractivity contribution < 1.29 is 19.4 Å². The first-order valence-electron chi connectivity index (χ1n) is 9.33. The van der Waals surface area contributed by atoms with Gasteiger partial charge in [-0.2, -0.15) is 0 Å². The van der Waals surface area contributed by atoms with E-state index >= 15 is 0 Å². The van der Waals surface area contributed by atoms with E-state index in [4.69, 9.17) is 9.84 Å². The number of carbonyl (C=O) groups excluding carboxylic acids is 1. The van der Waals surface area contributed by atoms with Crippen LogP contribution in [-0.2, 0) is 9.59 Å². The van der Waals surface area contributed by atoms with E-state index in [1.54, 1.807) is 24.3 Å². The van der Waals surface area contributed by atoms with Crippen LogP contribution in [0.15, 0.2) is 30.3 Å². The van der Waals surface area contributed by atoms with Gasteiger partial charge in [0.05, 0.1) is 0 Å². The average Bonchev–Trinajstić information content (AvgIpc) is 2.59. The van der Waals surface area contributed by atoms with Gasteiger partial charge in [-0.25, -0.2) is 4.79 Å². The summed E-state index contributed by atoms with van der Waals surface area (Å²) in [7, 11) is 0. The van der Waals surface area contributed by atoms with Gasteiger partial charge in [0.15, 0.2) is 0 Å². The van der Waals surface area contributed by atoms with Crippen molar-refractivity contribution in [2.24, 2.45) is 0 Å². The highest BCUT2D eigenvalue weighted by atomic mass is 16.5. The third-order valence-electron chi connectivity index (χ3n) is 4.01. The fraction of sp³-hybridized carbons (Fsp3) is 0.524. The van der Waals surface area contributed by atoms with Crippen molar-refractivity contribution in [3.05, 3.63) is 35.9 Å². The van der Waals surface area contributed by atoms with Crippen molar-refractivity contribution in [1.82, 2.24) is 0 Å². The number of rotatable bonds is 13. The van der Waals surface area contributed by atoms with Gasteiger partial charge in [-0.05, 0) is 30.2 Å². The minimum atomic E-state index is -0.989. The number of hydrogen-bond donors (Lipinski definition) is 1. The molecule has 1 aromatic rings. The van der Waals surface area contributed by atoms with Crippen molar-refractivity contribution in [2.75, 3.05) is 0 Å². The molecular formula is C21H30O4. The summed E-state index contributed by atoms with van der Waals surface area (Å²) < 4.78 is 5.29. The topological polar surface area (TPSA) is 63.6 Å². The first-order chi connectivity index (χ1) is 12.1. The number of aliphatic carboxylic acids is 1. The number of esters is 1. The van der Waals surface area contributed by atoms with E-state index in [0.717, 1.165) is 24.5 Å². The van der Waals surface area contributed by atoms with E-state index in [-0.39, 0.29) is 5.97 Å². The number of unbranched alkanes of at least 4 members (excludes halogenated alkanes) is 8. The van der Waals surface area contributed by atoms with Crippen LogP contribution in [0.1, 0.15) is 76.7 Å². The quantitative estimate of drug-likeness (QED) is 0.218. The Morgan fingerprint density at radius 1 is 0.920 bits per heavy atom. The zero-order valence-corrected chi connectivity index (χ0v) is 15.2. The number of carboxylic acids is 1. The molecule has 138 valence electrons. The Morgan fingerprint density at radius 3 is 2.04 bits per heavy atom. The highest BCUT2D eigenvalue weighted by molar-refractivity contribution is 5.85. The highest BCUT2D eigenvalue weighted by Gasteiger charge is 2.04. The molecule has 0 bridgehead atoms. The maximum Gasteiger partial charge on any atom is 0.328 e. The van der Waals surface area contributed by atoms with Gasteiger partial charge in [0.1, 0.15) is 5.75 Å². The third kappa shape index (κ3) is 11.1. The lowest BCUT2D eigenvalue weighted by atomic mass is 10.1. The molecule has 25 heavy (non-hydrogen) atoms. The third-order valence-corrected chi connectivity index (χ3v) is 4.01. The summed E-state index contributed by atoms with van der Waals surface area (Å²) in [5.74, 6) is -0.707. The second-order valence-corrected chi connectivity index (χ2v) is 6.29. The first kappa shape index (κ1) is 20.9. The Balaban J connectivity index is 2.13. The van der Waals surface area contributed by atoms with Crippen molar-refractivity contribution in [3.8, 4) is 5.75 Å². The zero-order chi connectivity index (χ0) is 18.3. The van der Waals surface area contributed by atoms with Gasteiger partial charge in [-0.1, -0.05) is 70.4 Å². The molecule has 4 heteroatoms. The summed E-state index contributed by atoms with van der Waals surface area (Å²) in [5, 5.41) is 8.58. The lowest BCUT2D eigenvalue weighted by molar-refractivity contribution is -0.134. The zero-order valence-electron chi connectivity index (χ0n) is 15.2. The Bertz CT molecular complexity index is 531. The van der Waals surface area contributed by atoms with Gasteiger partial charge >= 0.3 is 11.9 Å². The van der Waals surface area contributed by atoms with E-state index in [0.29, 0.717) is 12.2 Å². The van der Waals surface area contributed by atoms with E-state index in [2.05, 4.69) is 6.92 Å².